The molecule has 1 heterocycles. The summed E-state index contributed by atoms with van der Waals surface area (Å²) in [5.74, 6) is 0.889. The molecule has 0 atom stereocenters. The van der Waals surface area contributed by atoms with E-state index in [-0.39, 0.29) is 5.82 Å². The lowest BCUT2D eigenvalue weighted by molar-refractivity contribution is 0.240. The molecule has 4 heteroatoms. The summed E-state index contributed by atoms with van der Waals surface area (Å²) in [5, 5.41) is 2.99. The largest absolute Gasteiger partial charge is 0.477 e. The van der Waals surface area contributed by atoms with Crippen molar-refractivity contribution in [2.24, 2.45) is 5.92 Å². The van der Waals surface area contributed by atoms with Crippen molar-refractivity contribution in [1.82, 2.24) is 10.3 Å². The third-order valence-corrected chi connectivity index (χ3v) is 3.19. The van der Waals surface area contributed by atoms with Crippen LogP contribution in [0.25, 0.3) is 0 Å². The number of rotatable bonds is 5. The van der Waals surface area contributed by atoms with E-state index in [1.54, 1.807) is 0 Å². The third kappa shape index (κ3) is 3.40. The average molecular weight is 238 g/mol. The van der Waals surface area contributed by atoms with E-state index in [2.05, 4.69) is 10.3 Å². The zero-order valence-electron chi connectivity index (χ0n) is 10.2. The summed E-state index contributed by atoms with van der Waals surface area (Å²) in [5.41, 5.74) is 0.783. The molecule has 3 nitrogen and oxygen atoms in total. The molecule has 1 fully saturated rings. The third-order valence-electron chi connectivity index (χ3n) is 3.19. The summed E-state index contributed by atoms with van der Waals surface area (Å²) >= 11 is 0. The summed E-state index contributed by atoms with van der Waals surface area (Å²) in [6, 6.07) is 1.48. The molecule has 0 spiro atoms. The Labute approximate surface area is 101 Å². The van der Waals surface area contributed by atoms with Crippen LogP contribution in [0, 0.1) is 11.7 Å². The normalized spacial score (nSPS) is 16.4. The van der Waals surface area contributed by atoms with Crippen molar-refractivity contribution in [3.63, 3.8) is 0 Å². The van der Waals surface area contributed by atoms with Crippen LogP contribution in [0.1, 0.15) is 31.2 Å². The predicted molar refractivity (Wildman–Crippen MR) is 64.4 cm³/mol. The number of nitrogens with zero attached hydrogens (tertiary/aromatic N) is 1. The Morgan fingerprint density at radius 1 is 1.47 bits per heavy atom. The van der Waals surface area contributed by atoms with Crippen molar-refractivity contribution in [2.75, 3.05) is 13.7 Å². The zero-order chi connectivity index (χ0) is 12.1. The van der Waals surface area contributed by atoms with E-state index in [9.17, 15) is 4.39 Å². The summed E-state index contributed by atoms with van der Waals surface area (Å²) in [4.78, 5) is 4.02. The highest BCUT2D eigenvalue weighted by Crippen LogP contribution is 2.26. The molecule has 0 unspecified atom stereocenters. The van der Waals surface area contributed by atoms with Gasteiger partial charge < -0.3 is 10.1 Å². The molecule has 1 aliphatic carbocycles. The number of pyridine rings is 1. The molecule has 0 aliphatic heterocycles. The van der Waals surface area contributed by atoms with Crippen molar-refractivity contribution in [3.8, 4) is 5.88 Å². The Morgan fingerprint density at radius 2 is 2.24 bits per heavy atom. The maximum absolute atomic E-state index is 13.1. The fraction of sp³-hybridized carbons (Fsp3) is 0.615. The lowest BCUT2D eigenvalue weighted by Crippen LogP contribution is -2.13. The molecule has 0 radical (unpaired) electrons. The fourth-order valence-corrected chi connectivity index (χ4v) is 2.29. The van der Waals surface area contributed by atoms with Gasteiger partial charge in [-0.3, -0.25) is 0 Å². The SMILES string of the molecule is CNCc1cc(F)cnc1OCC1CCCC1. The van der Waals surface area contributed by atoms with Gasteiger partial charge >= 0.3 is 0 Å². The maximum atomic E-state index is 13.1. The van der Waals surface area contributed by atoms with Gasteiger partial charge in [0.1, 0.15) is 5.82 Å². The lowest BCUT2D eigenvalue weighted by Gasteiger charge is -2.13. The molecule has 2 rings (SSSR count). The Hall–Kier alpha value is -1.16. The van der Waals surface area contributed by atoms with E-state index in [4.69, 9.17) is 4.74 Å². The second-order valence-electron chi connectivity index (χ2n) is 4.61. The van der Waals surface area contributed by atoms with Gasteiger partial charge in [-0.15, -0.1) is 0 Å². The van der Waals surface area contributed by atoms with Crippen LogP contribution >= 0.6 is 0 Å². The molecular weight excluding hydrogens is 219 g/mol. The standard InChI is InChI=1S/C13H19FN2O/c1-15-7-11-6-12(14)8-16-13(11)17-9-10-4-2-3-5-10/h6,8,10,15H,2-5,7,9H2,1H3. The van der Waals surface area contributed by atoms with Crippen molar-refractivity contribution in [1.29, 1.82) is 0 Å². The van der Waals surface area contributed by atoms with Gasteiger partial charge in [-0.1, -0.05) is 12.8 Å². The van der Waals surface area contributed by atoms with Crippen LogP contribution in [-0.2, 0) is 6.54 Å². The van der Waals surface area contributed by atoms with Gasteiger partial charge in [-0.05, 0) is 31.9 Å². The molecule has 1 aliphatic rings. The fourth-order valence-electron chi connectivity index (χ4n) is 2.29. The van der Waals surface area contributed by atoms with E-state index in [1.165, 1.54) is 37.9 Å². The van der Waals surface area contributed by atoms with Gasteiger partial charge in [-0.25, -0.2) is 9.37 Å². The van der Waals surface area contributed by atoms with Crippen molar-refractivity contribution in [3.05, 3.63) is 23.6 Å². The number of hydrogen-bond acceptors (Lipinski definition) is 3. The van der Waals surface area contributed by atoms with Crippen molar-refractivity contribution >= 4 is 0 Å². The van der Waals surface area contributed by atoms with E-state index in [0.29, 0.717) is 24.9 Å². The van der Waals surface area contributed by atoms with Crippen molar-refractivity contribution < 1.29 is 9.13 Å². The Balaban J connectivity index is 1.98. The highest BCUT2D eigenvalue weighted by Gasteiger charge is 2.16. The van der Waals surface area contributed by atoms with Crippen LogP contribution in [-0.4, -0.2) is 18.6 Å². The average Bonchev–Trinajstić information content (AvgIpc) is 2.81. The van der Waals surface area contributed by atoms with E-state index in [1.807, 2.05) is 7.05 Å². The van der Waals surface area contributed by atoms with Crippen LogP contribution in [0.4, 0.5) is 4.39 Å². The quantitative estimate of drug-likeness (QED) is 0.855. The highest BCUT2D eigenvalue weighted by atomic mass is 19.1. The van der Waals surface area contributed by atoms with Gasteiger partial charge in [-0.2, -0.15) is 0 Å². The van der Waals surface area contributed by atoms with Crippen LogP contribution in [0.15, 0.2) is 12.3 Å². The minimum absolute atomic E-state index is 0.316. The number of halogens is 1. The number of nitrogens with one attached hydrogen (secondary N) is 1. The van der Waals surface area contributed by atoms with Crippen LogP contribution in [0.2, 0.25) is 0 Å². The summed E-state index contributed by atoms with van der Waals surface area (Å²) < 4.78 is 18.8. The monoisotopic (exact) mass is 238 g/mol. The van der Waals surface area contributed by atoms with Crippen molar-refractivity contribution in [2.45, 2.75) is 32.2 Å². The molecule has 17 heavy (non-hydrogen) atoms. The molecule has 1 saturated carbocycles. The second kappa shape index (κ2) is 5.96. The van der Waals surface area contributed by atoms with E-state index < -0.39 is 0 Å². The molecule has 0 bridgehead atoms. The topological polar surface area (TPSA) is 34.2 Å². The Kier molecular flexibility index (Phi) is 4.31. The van der Waals surface area contributed by atoms with E-state index >= 15 is 0 Å². The first-order valence-electron chi connectivity index (χ1n) is 6.21. The van der Waals surface area contributed by atoms with Crippen LogP contribution < -0.4 is 10.1 Å². The molecule has 1 aromatic heterocycles. The van der Waals surface area contributed by atoms with E-state index in [0.717, 1.165) is 5.56 Å². The number of aromatic nitrogens is 1. The minimum Gasteiger partial charge on any atom is -0.477 e. The van der Waals surface area contributed by atoms with Gasteiger partial charge in [0.05, 0.1) is 12.8 Å². The molecule has 0 aromatic carbocycles. The minimum atomic E-state index is -0.316. The molecule has 0 saturated heterocycles. The predicted octanol–water partition coefficient (Wildman–Crippen LogP) is 2.51. The molecule has 1 aromatic rings. The maximum Gasteiger partial charge on any atom is 0.218 e. The number of ether oxygens (including phenoxy) is 1. The van der Waals surface area contributed by atoms with Gasteiger partial charge in [0.15, 0.2) is 0 Å². The lowest BCUT2D eigenvalue weighted by atomic mass is 10.1. The van der Waals surface area contributed by atoms with Gasteiger partial charge in [0.2, 0.25) is 5.88 Å². The first-order valence-corrected chi connectivity index (χ1v) is 6.21. The Bertz CT molecular complexity index is 364. The first-order chi connectivity index (χ1) is 8.29. The molecular formula is C13H19FN2O. The summed E-state index contributed by atoms with van der Waals surface area (Å²) in [7, 11) is 1.83. The first kappa shape index (κ1) is 12.3. The van der Waals surface area contributed by atoms with Gasteiger partial charge in [0, 0.05) is 12.1 Å². The number of hydrogen-bond donors (Lipinski definition) is 1. The molecule has 0 amide bonds. The Morgan fingerprint density at radius 3 is 2.94 bits per heavy atom. The second-order valence-corrected chi connectivity index (χ2v) is 4.61. The summed E-state index contributed by atoms with van der Waals surface area (Å²) in [6.07, 6.45) is 6.29. The van der Waals surface area contributed by atoms with Gasteiger partial charge in [0.25, 0.3) is 0 Å². The molecule has 94 valence electrons. The van der Waals surface area contributed by atoms with Crippen LogP contribution in [0.3, 0.4) is 0 Å². The smallest absolute Gasteiger partial charge is 0.218 e. The zero-order valence-corrected chi connectivity index (χ0v) is 10.2. The molecule has 1 N–H and O–H groups in total. The summed E-state index contributed by atoms with van der Waals surface area (Å²) in [6.45, 7) is 1.28. The van der Waals surface area contributed by atoms with Crippen LogP contribution in [0.5, 0.6) is 5.88 Å². The highest BCUT2D eigenvalue weighted by molar-refractivity contribution is 5.26.